The lowest BCUT2D eigenvalue weighted by molar-refractivity contribution is 0.595. The predicted molar refractivity (Wildman–Crippen MR) is 64.8 cm³/mol. The van der Waals surface area contributed by atoms with Crippen LogP contribution in [0.25, 0.3) is 0 Å². The largest absolute Gasteiger partial charge is 0.302 e. The molecule has 1 aromatic rings. The van der Waals surface area contributed by atoms with Crippen LogP contribution in [-0.2, 0) is 0 Å². The SMILES string of the molecule is ClC(Cl)(Cl)[C@H]1CC(c2ccccc2)=NN1. The first-order valence-corrected chi connectivity index (χ1v) is 5.65. The minimum Gasteiger partial charge on any atom is -0.302 e. The Bertz CT molecular complexity index is 370. The highest BCUT2D eigenvalue weighted by molar-refractivity contribution is 6.68. The molecule has 0 saturated carbocycles. The van der Waals surface area contributed by atoms with E-state index in [4.69, 9.17) is 34.8 Å². The van der Waals surface area contributed by atoms with Crippen LogP contribution in [0.3, 0.4) is 0 Å². The molecule has 0 amide bonds. The number of benzene rings is 1. The summed E-state index contributed by atoms with van der Waals surface area (Å²) in [5.74, 6) is 0. The molecule has 1 aliphatic rings. The fourth-order valence-electron chi connectivity index (χ4n) is 1.44. The van der Waals surface area contributed by atoms with Gasteiger partial charge in [-0.2, -0.15) is 5.10 Å². The van der Waals surface area contributed by atoms with Crippen LogP contribution in [0.15, 0.2) is 35.4 Å². The van der Waals surface area contributed by atoms with Crippen LogP contribution >= 0.6 is 34.8 Å². The van der Waals surface area contributed by atoms with E-state index in [1.165, 1.54) is 0 Å². The molecule has 1 aliphatic heterocycles. The molecule has 0 saturated heterocycles. The van der Waals surface area contributed by atoms with E-state index in [-0.39, 0.29) is 6.04 Å². The van der Waals surface area contributed by atoms with E-state index in [2.05, 4.69) is 10.5 Å². The summed E-state index contributed by atoms with van der Waals surface area (Å²) < 4.78 is -1.32. The van der Waals surface area contributed by atoms with Crippen molar-refractivity contribution in [2.45, 2.75) is 16.3 Å². The highest BCUT2D eigenvalue weighted by atomic mass is 35.6. The number of hydrazone groups is 1. The smallest absolute Gasteiger partial charge is 0.212 e. The second-order valence-corrected chi connectivity index (χ2v) is 5.72. The van der Waals surface area contributed by atoms with Crippen molar-refractivity contribution in [1.82, 2.24) is 5.43 Å². The maximum atomic E-state index is 5.79. The lowest BCUT2D eigenvalue weighted by Crippen LogP contribution is -2.33. The van der Waals surface area contributed by atoms with E-state index in [1.54, 1.807) is 0 Å². The van der Waals surface area contributed by atoms with Crippen LogP contribution in [0.4, 0.5) is 0 Å². The Morgan fingerprint density at radius 1 is 1.20 bits per heavy atom. The highest BCUT2D eigenvalue weighted by Crippen LogP contribution is 2.34. The van der Waals surface area contributed by atoms with Crippen molar-refractivity contribution in [1.29, 1.82) is 0 Å². The quantitative estimate of drug-likeness (QED) is 0.774. The van der Waals surface area contributed by atoms with Gasteiger partial charge in [-0.3, -0.25) is 0 Å². The van der Waals surface area contributed by atoms with Gasteiger partial charge in [0, 0.05) is 6.42 Å². The molecule has 0 bridgehead atoms. The molecule has 1 aromatic carbocycles. The Morgan fingerprint density at radius 3 is 2.40 bits per heavy atom. The van der Waals surface area contributed by atoms with E-state index in [0.29, 0.717) is 6.42 Å². The van der Waals surface area contributed by atoms with Crippen molar-refractivity contribution in [3.05, 3.63) is 35.9 Å². The zero-order chi connectivity index (χ0) is 10.9. The second kappa shape index (κ2) is 4.20. The highest BCUT2D eigenvalue weighted by Gasteiger charge is 2.36. The Hall–Kier alpha value is -0.440. The van der Waals surface area contributed by atoms with Crippen molar-refractivity contribution in [3.63, 3.8) is 0 Å². The summed E-state index contributed by atoms with van der Waals surface area (Å²) >= 11 is 17.4. The molecule has 1 atom stereocenters. The molecule has 0 spiro atoms. The summed E-state index contributed by atoms with van der Waals surface area (Å²) in [6, 6.07) is 9.60. The van der Waals surface area contributed by atoms with Crippen molar-refractivity contribution in [3.8, 4) is 0 Å². The molecule has 80 valence electrons. The Morgan fingerprint density at radius 2 is 1.87 bits per heavy atom. The molecule has 0 fully saturated rings. The van der Waals surface area contributed by atoms with Gasteiger partial charge in [-0.25, -0.2) is 0 Å². The van der Waals surface area contributed by atoms with Gasteiger partial charge in [-0.05, 0) is 5.56 Å². The van der Waals surface area contributed by atoms with Crippen LogP contribution in [0.1, 0.15) is 12.0 Å². The molecule has 5 heteroatoms. The summed E-state index contributed by atoms with van der Waals surface area (Å²) in [7, 11) is 0. The Balaban J connectivity index is 2.11. The fourth-order valence-corrected chi connectivity index (χ4v) is 1.82. The average Bonchev–Trinajstić information content (AvgIpc) is 2.67. The van der Waals surface area contributed by atoms with Gasteiger partial charge in [0.1, 0.15) is 0 Å². The lowest BCUT2D eigenvalue weighted by Gasteiger charge is -2.18. The third-order valence-electron chi connectivity index (χ3n) is 2.25. The van der Waals surface area contributed by atoms with Gasteiger partial charge in [0.2, 0.25) is 3.79 Å². The van der Waals surface area contributed by atoms with Crippen molar-refractivity contribution < 1.29 is 0 Å². The Kier molecular flexibility index (Phi) is 3.10. The minimum atomic E-state index is -1.32. The molecule has 0 unspecified atom stereocenters. The molecule has 1 heterocycles. The third kappa shape index (κ3) is 2.57. The molecule has 15 heavy (non-hydrogen) atoms. The molecule has 2 rings (SSSR count). The zero-order valence-electron chi connectivity index (χ0n) is 7.75. The van der Waals surface area contributed by atoms with Crippen LogP contribution in [0, 0.1) is 0 Å². The number of hydrogen-bond acceptors (Lipinski definition) is 2. The molecule has 0 aliphatic carbocycles. The first-order chi connectivity index (χ1) is 7.07. The number of rotatable bonds is 1. The zero-order valence-corrected chi connectivity index (χ0v) is 10.0. The normalized spacial score (nSPS) is 21.0. The minimum absolute atomic E-state index is 0.252. The summed E-state index contributed by atoms with van der Waals surface area (Å²) in [5.41, 5.74) is 4.82. The lowest BCUT2D eigenvalue weighted by atomic mass is 10.1. The van der Waals surface area contributed by atoms with Crippen molar-refractivity contribution in [2.75, 3.05) is 0 Å². The van der Waals surface area contributed by atoms with E-state index in [9.17, 15) is 0 Å². The molecular weight excluding hydrogens is 254 g/mol. The maximum Gasteiger partial charge on any atom is 0.212 e. The fraction of sp³-hybridized carbons (Fsp3) is 0.300. The van der Waals surface area contributed by atoms with Gasteiger partial charge in [0.05, 0.1) is 11.8 Å². The number of nitrogens with one attached hydrogen (secondary N) is 1. The first kappa shape index (κ1) is 11.1. The maximum absolute atomic E-state index is 5.79. The van der Waals surface area contributed by atoms with Gasteiger partial charge in [-0.1, -0.05) is 65.1 Å². The number of halogens is 3. The summed E-state index contributed by atoms with van der Waals surface area (Å²) in [6.45, 7) is 0. The standard InChI is InChI=1S/C10H9Cl3N2/c11-10(12,13)9-6-8(14-15-9)7-4-2-1-3-5-7/h1-5,9,15H,6H2/t9-/m1/s1. The topological polar surface area (TPSA) is 24.4 Å². The molecule has 2 nitrogen and oxygen atoms in total. The van der Waals surface area contributed by atoms with E-state index in [0.717, 1.165) is 11.3 Å². The average molecular weight is 264 g/mol. The molecule has 0 aromatic heterocycles. The summed E-state index contributed by atoms with van der Waals surface area (Å²) in [4.78, 5) is 0. The number of nitrogens with zero attached hydrogens (tertiary/aromatic N) is 1. The molecular formula is C10H9Cl3N2. The van der Waals surface area contributed by atoms with E-state index < -0.39 is 3.79 Å². The summed E-state index contributed by atoms with van der Waals surface area (Å²) in [6.07, 6.45) is 0.626. The van der Waals surface area contributed by atoms with Gasteiger partial charge in [0.25, 0.3) is 0 Å². The van der Waals surface area contributed by atoms with Gasteiger partial charge in [-0.15, -0.1) is 0 Å². The number of alkyl halides is 3. The van der Waals surface area contributed by atoms with Crippen LogP contribution < -0.4 is 5.43 Å². The predicted octanol–water partition coefficient (Wildman–Crippen LogP) is 3.12. The molecule has 1 N–H and O–H groups in total. The monoisotopic (exact) mass is 262 g/mol. The van der Waals surface area contributed by atoms with E-state index >= 15 is 0 Å². The van der Waals surface area contributed by atoms with Gasteiger partial charge >= 0.3 is 0 Å². The van der Waals surface area contributed by atoms with Crippen LogP contribution in [0.5, 0.6) is 0 Å². The van der Waals surface area contributed by atoms with Gasteiger partial charge in [0.15, 0.2) is 0 Å². The Labute approximate surface area is 103 Å². The second-order valence-electron chi connectivity index (χ2n) is 3.35. The molecule has 0 radical (unpaired) electrons. The van der Waals surface area contributed by atoms with E-state index in [1.807, 2.05) is 30.3 Å². The first-order valence-electron chi connectivity index (χ1n) is 4.51. The van der Waals surface area contributed by atoms with Crippen molar-refractivity contribution in [2.24, 2.45) is 5.10 Å². The van der Waals surface area contributed by atoms with Gasteiger partial charge < -0.3 is 5.43 Å². The van der Waals surface area contributed by atoms with Crippen LogP contribution in [-0.4, -0.2) is 15.5 Å². The third-order valence-corrected chi connectivity index (χ3v) is 3.05. The van der Waals surface area contributed by atoms with Crippen molar-refractivity contribution >= 4 is 40.5 Å². The van der Waals surface area contributed by atoms with Crippen LogP contribution in [0.2, 0.25) is 0 Å². The summed E-state index contributed by atoms with van der Waals surface area (Å²) in [5, 5.41) is 4.17. The number of hydrogen-bond donors (Lipinski definition) is 1.